The Bertz CT molecular complexity index is 605. The van der Waals surface area contributed by atoms with Gasteiger partial charge < -0.3 is 20.9 Å². The number of thiophene rings is 1. The molecule has 2 rings (SSSR count). The van der Waals surface area contributed by atoms with E-state index in [0.29, 0.717) is 24.6 Å². The molecule has 106 valence electrons. The summed E-state index contributed by atoms with van der Waals surface area (Å²) in [6.45, 7) is 0.872. The molecule has 0 bridgehead atoms. The van der Waals surface area contributed by atoms with Crippen LogP contribution in [0, 0.1) is 0 Å². The number of primary amides is 1. The molecule has 0 atom stereocenters. The Morgan fingerprint density at radius 2 is 2.10 bits per heavy atom. The topological polar surface area (TPSA) is 119 Å². The van der Waals surface area contributed by atoms with Gasteiger partial charge in [-0.05, 0) is 12.0 Å². The minimum absolute atomic E-state index is 0.283. The minimum atomic E-state index is -1.23. The first-order chi connectivity index (χ1) is 9.49. The molecule has 4 N–H and O–H groups in total. The Kier molecular flexibility index (Phi) is 4.16. The first-order valence-corrected chi connectivity index (χ1v) is 6.54. The molecule has 0 spiro atoms. The fourth-order valence-electron chi connectivity index (χ4n) is 1.88. The molecule has 2 amide bonds. The first kappa shape index (κ1) is 14.2. The van der Waals surface area contributed by atoms with Crippen LogP contribution in [0.3, 0.4) is 0 Å². The number of fused-ring (bicyclic) bond motifs is 1. The third-order valence-corrected chi connectivity index (χ3v) is 3.80. The van der Waals surface area contributed by atoms with Crippen LogP contribution >= 0.6 is 11.3 Å². The Hall–Kier alpha value is -2.19. The summed E-state index contributed by atoms with van der Waals surface area (Å²) >= 11 is 1.21. The van der Waals surface area contributed by atoms with Crippen molar-refractivity contribution in [1.82, 2.24) is 0 Å². The summed E-state index contributed by atoms with van der Waals surface area (Å²) in [7, 11) is 0. The fraction of sp³-hybridized carbons (Fsp3) is 0.250. The third kappa shape index (κ3) is 3.03. The molecule has 0 aromatic carbocycles. The van der Waals surface area contributed by atoms with Gasteiger partial charge in [-0.2, -0.15) is 0 Å². The van der Waals surface area contributed by atoms with E-state index in [1.807, 2.05) is 0 Å². The lowest BCUT2D eigenvalue weighted by atomic mass is 10.1. The summed E-state index contributed by atoms with van der Waals surface area (Å²) < 4.78 is 5.28. The van der Waals surface area contributed by atoms with E-state index >= 15 is 0 Å². The minimum Gasteiger partial charge on any atom is -0.478 e. The zero-order valence-corrected chi connectivity index (χ0v) is 11.2. The van der Waals surface area contributed by atoms with Gasteiger partial charge in [0.15, 0.2) is 0 Å². The number of hydrogen-bond acceptors (Lipinski definition) is 5. The summed E-state index contributed by atoms with van der Waals surface area (Å²) in [4.78, 5) is 34.3. The van der Waals surface area contributed by atoms with Crippen molar-refractivity contribution in [2.45, 2.75) is 13.0 Å². The smallest absolute Gasteiger partial charge is 0.328 e. The maximum Gasteiger partial charge on any atom is 0.328 e. The van der Waals surface area contributed by atoms with Gasteiger partial charge >= 0.3 is 5.97 Å². The molecule has 0 unspecified atom stereocenters. The van der Waals surface area contributed by atoms with Gasteiger partial charge in [-0.1, -0.05) is 0 Å². The molecule has 0 radical (unpaired) electrons. The highest BCUT2D eigenvalue weighted by atomic mass is 32.1. The maximum absolute atomic E-state index is 11.6. The number of anilines is 1. The number of nitrogens with one attached hydrogen (secondary N) is 1. The molecular weight excluding hydrogens is 284 g/mol. The number of carboxylic acid groups (broad SMARTS) is 1. The van der Waals surface area contributed by atoms with Crippen LogP contribution in [0.5, 0.6) is 0 Å². The van der Waals surface area contributed by atoms with E-state index in [-0.39, 0.29) is 5.56 Å². The fourth-order valence-corrected chi connectivity index (χ4v) is 3.08. The van der Waals surface area contributed by atoms with Crippen LogP contribution in [0.15, 0.2) is 12.2 Å². The van der Waals surface area contributed by atoms with E-state index in [1.54, 1.807) is 0 Å². The number of carbonyl (C=O) groups is 3. The van der Waals surface area contributed by atoms with E-state index in [2.05, 4.69) is 5.32 Å². The number of hydrogen-bond donors (Lipinski definition) is 3. The molecule has 2 heterocycles. The van der Waals surface area contributed by atoms with Gasteiger partial charge in [0.25, 0.3) is 5.91 Å². The second kappa shape index (κ2) is 5.85. The SMILES string of the molecule is NC(=O)c1c(NC(=O)C=CC(=O)O)sc2c1CCOC2. The van der Waals surface area contributed by atoms with Crippen molar-refractivity contribution in [2.75, 3.05) is 11.9 Å². The van der Waals surface area contributed by atoms with Crippen molar-refractivity contribution >= 4 is 34.1 Å². The van der Waals surface area contributed by atoms with Gasteiger partial charge in [-0.15, -0.1) is 11.3 Å². The van der Waals surface area contributed by atoms with Crippen molar-refractivity contribution in [3.63, 3.8) is 0 Å². The number of nitrogens with two attached hydrogens (primary N) is 1. The molecule has 0 saturated carbocycles. The van der Waals surface area contributed by atoms with Crippen molar-refractivity contribution in [1.29, 1.82) is 0 Å². The zero-order valence-electron chi connectivity index (χ0n) is 10.3. The van der Waals surface area contributed by atoms with Gasteiger partial charge in [0.2, 0.25) is 5.91 Å². The number of ether oxygens (including phenoxy) is 1. The third-order valence-electron chi connectivity index (χ3n) is 2.68. The summed E-state index contributed by atoms with van der Waals surface area (Å²) in [5, 5.41) is 11.3. The van der Waals surface area contributed by atoms with Crippen molar-refractivity contribution in [3.05, 3.63) is 28.2 Å². The van der Waals surface area contributed by atoms with E-state index in [1.165, 1.54) is 11.3 Å². The Morgan fingerprint density at radius 1 is 1.35 bits per heavy atom. The van der Waals surface area contributed by atoms with Gasteiger partial charge in [-0.25, -0.2) is 4.79 Å². The Morgan fingerprint density at radius 3 is 2.75 bits per heavy atom. The van der Waals surface area contributed by atoms with E-state index < -0.39 is 17.8 Å². The largest absolute Gasteiger partial charge is 0.478 e. The average molecular weight is 296 g/mol. The molecule has 0 saturated heterocycles. The van der Waals surface area contributed by atoms with Crippen LogP contribution in [0.4, 0.5) is 5.00 Å². The van der Waals surface area contributed by atoms with E-state index in [4.69, 9.17) is 15.6 Å². The molecule has 20 heavy (non-hydrogen) atoms. The molecule has 0 fully saturated rings. The molecule has 1 aliphatic heterocycles. The summed E-state index contributed by atoms with van der Waals surface area (Å²) in [6, 6.07) is 0. The van der Waals surface area contributed by atoms with Gasteiger partial charge in [-0.3, -0.25) is 9.59 Å². The summed E-state index contributed by atoms with van der Waals surface area (Å²) in [6.07, 6.45) is 2.16. The summed E-state index contributed by atoms with van der Waals surface area (Å²) in [5.74, 6) is -2.48. The van der Waals surface area contributed by atoms with E-state index in [0.717, 1.165) is 22.6 Å². The molecule has 7 nitrogen and oxygen atoms in total. The number of rotatable bonds is 4. The molecule has 8 heteroatoms. The lowest BCUT2D eigenvalue weighted by molar-refractivity contribution is -0.131. The van der Waals surface area contributed by atoms with Crippen LogP contribution < -0.4 is 11.1 Å². The normalized spacial score (nSPS) is 14.0. The monoisotopic (exact) mass is 296 g/mol. The quantitative estimate of drug-likeness (QED) is 0.699. The number of carbonyl (C=O) groups excluding carboxylic acids is 2. The molecule has 0 aliphatic carbocycles. The van der Waals surface area contributed by atoms with Crippen molar-refractivity contribution in [2.24, 2.45) is 5.73 Å². The lowest BCUT2D eigenvalue weighted by Gasteiger charge is -2.12. The molecule has 1 aromatic rings. The number of carboxylic acids is 1. The van der Waals surface area contributed by atoms with Gasteiger partial charge in [0, 0.05) is 17.0 Å². The Labute approximate surface area is 118 Å². The standard InChI is InChI=1S/C12H12N2O5S/c13-11(18)10-6-3-4-19-5-7(6)20-12(10)14-8(15)1-2-9(16)17/h1-2H,3-5H2,(H2,13,18)(H,14,15)(H,16,17). The number of amides is 2. The second-order valence-electron chi connectivity index (χ2n) is 4.04. The van der Waals surface area contributed by atoms with Crippen LogP contribution in [0.25, 0.3) is 0 Å². The molecule has 1 aliphatic rings. The predicted molar refractivity (Wildman–Crippen MR) is 71.6 cm³/mol. The highest BCUT2D eigenvalue weighted by Crippen LogP contribution is 2.36. The van der Waals surface area contributed by atoms with Gasteiger partial charge in [0.05, 0.1) is 18.8 Å². The van der Waals surface area contributed by atoms with Crippen LogP contribution in [-0.4, -0.2) is 29.5 Å². The van der Waals surface area contributed by atoms with Crippen LogP contribution in [-0.2, 0) is 27.4 Å². The predicted octanol–water partition coefficient (Wildman–Crippen LogP) is 0.499. The highest BCUT2D eigenvalue weighted by molar-refractivity contribution is 7.17. The number of aliphatic carboxylic acids is 1. The highest BCUT2D eigenvalue weighted by Gasteiger charge is 2.24. The zero-order chi connectivity index (χ0) is 14.7. The van der Waals surface area contributed by atoms with Crippen LogP contribution in [0.1, 0.15) is 20.8 Å². The van der Waals surface area contributed by atoms with Gasteiger partial charge in [0.1, 0.15) is 5.00 Å². The molecule has 1 aromatic heterocycles. The van der Waals surface area contributed by atoms with Crippen LogP contribution in [0.2, 0.25) is 0 Å². The molecular formula is C12H12N2O5S. The van der Waals surface area contributed by atoms with Crippen molar-refractivity contribution in [3.8, 4) is 0 Å². The Balaban J connectivity index is 2.27. The second-order valence-corrected chi connectivity index (χ2v) is 5.14. The maximum atomic E-state index is 11.6. The van der Waals surface area contributed by atoms with Crippen molar-refractivity contribution < 1.29 is 24.2 Å². The lowest BCUT2D eigenvalue weighted by Crippen LogP contribution is -2.18. The average Bonchev–Trinajstić information content (AvgIpc) is 2.74. The first-order valence-electron chi connectivity index (χ1n) is 5.73. The van der Waals surface area contributed by atoms with E-state index in [9.17, 15) is 14.4 Å². The summed E-state index contributed by atoms with van der Waals surface area (Å²) in [5.41, 5.74) is 6.42.